The van der Waals surface area contributed by atoms with Gasteiger partial charge in [0.2, 0.25) is 0 Å². The Kier molecular flexibility index (Phi) is 2.33. The van der Waals surface area contributed by atoms with Gasteiger partial charge in [-0.05, 0) is 0 Å². The molecule has 0 N–H and O–H groups in total. The van der Waals surface area contributed by atoms with Crippen LogP contribution in [0.1, 0.15) is 5.56 Å². The molecular formula is C6H5CdN. The maximum atomic E-state index is 3.95. The quantitative estimate of drug-likeness (QED) is 0.615. The third-order valence-corrected chi connectivity index (χ3v) is 2.27. The van der Waals surface area contributed by atoms with Crippen LogP contribution < -0.4 is 0 Å². The Morgan fingerprint density at radius 3 is 2.88 bits per heavy atom. The van der Waals surface area contributed by atoms with E-state index in [1.807, 2.05) is 12.3 Å². The summed E-state index contributed by atoms with van der Waals surface area (Å²) in [6, 6.07) is 4.02. The van der Waals surface area contributed by atoms with Gasteiger partial charge in [0.15, 0.2) is 0 Å². The monoisotopic (exact) mass is 205 g/mol. The van der Waals surface area contributed by atoms with Gasteiger partial charge in [-0.1, -0.05) is 0 Å². The third-order valence-electron chi connectivity index (χ3n) is 0.920. The van der Waals surface area contributed by atoms with Crippen molar-refractivity contribution in [1.29, 1.82) is 0 Å². The second kappa shape index (κ2) is 3.07. The van der Waals surface area contributed by atoms with Crippen LogP contribution in [0.3, 0.4) is 0 Å². The van der Waals surface area contributed by atoms with Gasteiger partial charge in [0.1, 0.15) is 0 Å². The molecule has 0 aliphatic rings. The van der Waals surface area contributed by atoms with Crippen molar-refractivity contribution >= 4 is 3.56 Å². The maximum absolute atomic E-state index is 3.95. The van der Waals surface area contributed by atoms with E-state index in [0.717, 1.165) is 25.3 Å². The summed E-state index contributed by atoms with van der Waals surface area (Å²) in [5.74, 6) is 0. The standard InChI is InChI=1S/C6H5N.Cd/c1-6-3-2-4-7-5-6;/h1-5H;. The molecule has 0 saturated heterocycles. The molecule has 1 aromatic rings. The second-order valence-corrected chi connectivity index (χ2v) is 2.66. The van der Waals surface area contributed by atoms with Crippen LogP contribution in [0.5, 0.6) is 0 Å². The van der Waals surface area contributed by atoms with Crippen molar-refractivity contribution in [3.8, 4) is 0 Å². The summed E-state index contributed by atoms with van der Waals surface area (Å²) < 4.78 is 2.19. The van der Waals surface area contributed by atoms with E-state index in [9.17, 15) is 0 Å². The van der Waals surface area contributed by atoms with Gasteiger partial charge in [-0.3, -0.25) is 0 Å². The molecule has 8 heavy (non-hydrogen) atoms. The first-order valence-corrected chi connectivity index (χ1v) is 4.79. The summed E-state index contributed by atoms with van der Waals surface area (Å²) in [6.45, 7) is 0. The van der Waals surface area contributed by atoms with Crippen LogP contribution in [0, 0.1) is 0 Å². The zero-order chi connectivity index (χ0) is 5.82. The molecule has 0 amide bonds. The summed E-state index contributed by atoms with van der Waals surface area (Å²) in [5, 5.41) is 0. The van der Waals surface area contributed by atoms with Gasteiger partial charge < -0.3 is 0 Å². The van der Waals surface area contributed by atoms with Gasteiger partial charge in [0.25, 0.3) is 0 Å². The van der Waals surface area contributed by atoms with Crippen LogP contribution >= 0.6 is 0 Å². The Labute approximate surface area is 63.9 Å². The molecule has 0 atom stereocenters. The third kappa shape index (κ3) is 1.47. The Morgan fingerprint density at radius 1 is 1.62 bits per heavy atom. The van der Waals surface area contributed by atoms with Gasteiger partial charge in [0.05, 0.1) is 0 Å². The summed E-state index contributed by atoms with van der Waals surface area (Å²) >= 11 is 0.913. The molecule has 0 radical (unpaired) electrons. The number of hydrogen-bond acceptors (Lipinski definition) is 1. The first-order valence-electron chi connectivity index (χ1n) is 2.46. The summed E-state index contributed by atoms with van der Waals surface area (Å²) in [6.07, 6.45) is 3.67. The van der Waals surface area contributed by atoms with Crippen molar-refractivity contribution < 1.29 is 25.3 Å². The molecule has 0 bridgehead atoms. The molecule has 0 aromatic carbocycles. The van der Waals surface area contributed by atoms with Crippen molar-refractivity contribution in [1.82, 2.24) is 4.98 Å². The van der Waals surface area contributed by atoms with Crippen molar-refractivity contribution in [3.05, 3.63) is 30.1 Å². The fourth-order valence-electron chi connectivity index (χ4n) is 0.497. The van der Waals surface area contributed by atoms with E-state index in [2.05, 4.69) is 14.6 Å². The Morgan fingerprint density at radius 2 is 2.50 bits per heavy atom. The topological polar surface area (TPSA) is 12.9 Å². The van der Waals surface area contributed by atoms with E-state index in [0.29, 0.717) is 0 Å². The van der Waals surface area contributed by atoms with Gasteiger partial charge in [-0.2, -0.15) is 0 Å². The number of rotatable bonds is 1. The molecule has 0 fully saturated rings. The van der Waals surface area contributed by atoms with Crippen molar-refractivity contribution in [2.75, 3.05) is 0 Å². The summed E-state index contributed by atoms with van der Waals surface area (Å²) in [5.41, 5.74) is 1.25. The van der Waals surface area contributed by atoms with E-state index in [-0.39, 0.29) is 0 Å². The van der Waals surface area contributed by atoms with E-state index >= 15 is 0 Å². The predicted octanol–water partition coefficient (Wildman–Crippen LogP) is 0.779. The SMILES string of the molecule is [Cd]=[CH]c1cccnc1. The molecule has 1 rings (SSSR count). The van der Waals surface area contributed by atoms with Crippen LogP contribution in [0.4, 0.5) is 0 Å². The molecule has 1 aromatic heterocycles. The Bertz CT molecular complexity index is 171. The zero-order valence-electron chi connectivity index (χ0n) is 4.54. The number of pyridine rings is 1. The molecule has 0 aliphatic heterocycles. The van der Waals surface area contributed by atoms with Gasteiger partial charge in [0, 0.05) is 0 Å². The van der Waals surface area contributed by atoms with Gasteiger partial charge in [-0.25, -0.2) is 0 Å². The van der Waals surface area contributed by atoms with Crippen LogP contribution in [0.15, 0.2) is 24.5 Å². The zero-order valence-corrected chi connectivity index (χ0v) is 8.58. The minimum absolute atomic E-state index is 0.913. The molecule has 2 heteroatoms. The molecule has 0 spiro atoms. The van der Waals surface area contributed by atoms with Gasteiger partial charge >= 0.3 is 63.9 Å². The number of aromatic nitrogens is 1. The normalized spacial score (nSPS) is 8.75. The van der Waals surface area contributed by atoms with Crippen molar-refractivity contribution in [2.45, 2.75) is 0 Å². The summed E-state index contributed by atoms with van der Waals surface area (Å²) in [7, 11) is 0. The van der Waals surface area contributed by atoms with Crippen molar-refractivity contribution in [3.63, 3.8) is 0 Å². The van der Waals surface area contributed by atoms with Crippen LogP contribution in [-0.2, 0) is 25.3 Å². The van der Waals surface area contributed by atoms with E-state index < -0.39 is 0 Å². The average molecular weight is 204 g/mol. The summed E-state index contributed by atoms with van der Waals surface area (Å²) in [4.78, 5) is 3.95. The molecule has 0 unspecified atom stereocenters. The first kappa shape index (κ1) is 6.07. The Balaban J connectivity index is 2.99. The Hall–Kier alpha value is -0.0579. The number of nitrogens with zero attached hydrogens (tertiary/aromatic N) is 1. The molecule has 36 valence electrons. The van der Waals surface area contributed by atoms with E-state index in [1.54, 1.807) is 6.20 Å². The second-order valence-electron chi connectivity index (χ2n) is 1.49. The van der Waals surface area contributed by atoms with Crippen LogP contribution in [0.2, 0.25) is 0 Å². The van der Waals surface area contributed by atoms with Crippen LogP contribution in [-0.4, -0.2) is 8.54 Å². The minimum atomic E-state index is 0.913. The molecular weight excluding hydrogens is 198 g/mol. The molecule has 1 heterocycles. The molecule has 1 nitrogen and oxygen atoms in total. The van der Waals surface area contributed by atoms with Crippen LogP contribution in [0.25, 0.3) is 0 Å². The van der Waals surface area contributed by atoms with Gasteiger partial charge in [-0.15, -0.1) is 0 Å². The predicted molar refractivity (Wildman–Crippen MR) is 29.4 cm³/mol. The van der Waals surface area contributed by atoms with E-state index in [1.165, 1.54) is 5.56 Å². The average Bonchev–Trinajstić information content (AvgIpc) is 1.90. The number of hydrogen-bond donors (Lipinski definition) is 0. The fourth-order valence-corrected chi connectivity index (χ4v) is 1.19. The van der Waals surface area contributed by atoms with E-state index in [4.69, 9.17) is 0 Å². The van der Waals surface area contributed by atoms with Crippen molar-refractivity contribution in [2.24, 2.45) is 0 Å². The first-order chi connectivity index (χ1) is 3.93. The fraction of sp³-hybridized carbons (Fsp3) is 0. The molecule has 0 aliphatic carbocycles. The molecule has 0 saturated carbocycles.